The second-order valence-corrected chi connectivity index (χ2v) is 11.9. The van der Waals surface area contributed by atoms with Crippen LogP contribution in [0.15, 0.2) is 45.3 Å². The molecule has 3 atom stereocenters. The molecule has 2 aromatic carbocycles. The number of hydrogen-bond acceptors (Lipinski definition) is 9. The van der Waals surface area contributed by atoms with Gasteiger partial charge in [0.05, 0.1) is 29.9 Å². The summed E-state index contributed by atoms with van der Waals surface area (Å²) in [6, 6.07) is 11.0. The Bertz CT molecular complexity index is 1620. The highest BCUT2D eigenvalue weighted by Crippen LogP contribution is 2.47. The van der Waals surface area contributed by atoms with E-state index in [4.69, 9.17) is 41.6 Å². The number of ether oxygens (including phenoxy) is 2. The molecule has 2 aromatic heterocycles. The third-order valence-corrected chi connectivity index (χ3v) is 9.06. The van der Waals surface area contributed by atoms with Gasteiger partial charge in [-0.15, -0.1) is 5.10 Å². The Kier molecular flexibility index (Phi) is 7.08. The molecule has 1 aliphatic carbocycles. The zero-order chi connectivity index (χ0) is 29.0. The summed E-state index contributed by atoms with van der Waals surface area (Å²) in [6.07, 6.45) is 5.84. The first-order valence-corrected chi connectivity index (χ1v) is 14.7. The van der Waals surface area contributed by atoms with Crippen molar-refractivity contribution in [3.63, 3.8) is 0 Å². The molecule has 2 bridgehead atoms. The van der Waals surface area contributed by atoms with Gasteiger partial charge in [0, 0.05) is 34.7 Å². The number of halogens is 2. The zero-order valence-corrected chi connectivity index (χ0v) is 24.3. The monoisotopic (exact) mass is 610 g/mol. The van der Waals surface area contributed by atoms with Crippen molar-refractivity contribution >= 4 is 35.2 Å². The van der Waals surface area contributed by atoms with Crippen LogP contribution >= 0.6 is 23.2 Å². The third-order valence-electron chi connectivity index (χ3n) is 8.43. The van der Waals surface area contributed by atoms with Crippen molar-refractivity contribution < 1.29 is 28.3 Å². The van der Waals surface area contributed by atoms with Gasteiger partial charge >= 0.3 is 12.0 Å². The smallest absolute Gasteiger partial charge is 0.339 e. The number of aromatic carboxylic acids is 1. The van der Waals surface area contributed by atoms with E-state index >= 15 is 0 Å². The topological polar surface area (TPSA) is 124 Å². The summed E-state index contributed by atoms with van der Waals surface area (Å²) >= 11 is 13.0. The molecule has 42 heavy (non-hydrogen) atoms. The lowest BCUT2D eigenvalue weighted by atomic mass is 10.00. The first kappa shape index (κ1) is 27.2. The van der Waals surface area contributed by atoms with E-state index in [0.29, 0.717) is 51.3 Å². The normalized spacial score (nSPS) is 21.6. The number of carboxylic acid groups (broad SMARTS) is 1. The highest BCUT2D eigenvalue weighted by molar-refractivity contribution is 6.39. The van der Waals surface area contributed by atoms with Crippen LogP contribution in [0.25, 0.3) is 22.7 Å². The van der Waals surface area contributed by atoms with Gasteiger partial charge in [-0.1, -0.05) is 39.5 Å². The van der Waals surface area contributed by atoms with Gasteiger partial charge in [-0.2, -0.15) is 0 Å². The van der Waals surface area contributed by atoms with Gasteiger partial charge in [0.1, 0.15) is 22.8 Å². The molecule has 0 amide bonds. The molecular weight excluding hydrogens is 583 g/mol. The zero-order valence-electron chi connectivity index (χ0n) is 22.8. The minimum Gasteiger partial charge on any atom is -0.496 e. The molecule has 4 aromatic rings. The van der Waals surface area contributed by atoms with Gasteiger partial charge < -0.3 is 28.4 Å². The van der Waals surface area contributed by atoms with Crippen molar-refractivity contribution in [3.8, 4) is 28.5 Å². The maximum Gasteiger partial charge on any atom is 0.339 e. The Hall–Kier alpha value is -3.60. The number of benzene rings is 2. The van der Waals surface area contributed by atoms with Gasteiger partial charge in [0.2, 0.25) is 5.89 Å². The van der Waals surface area contributed by atoms with Crippen molar-refractivity contribution in [2.45, 2.75) is 69.2 Å². The first-order valence-electron chi connectivity index (χ1n) is 14.0. The van der Waals surface area contributed by atoms with E-state index in [9.17, 15) is 9.90 Å². The van der Waals surface area contributed by atoms with E-state index in [-0.39, 0.29) is 29.5 Å². The first-order chi connectivity index (χ1) is 20.4. The molecule has 218 valence electrons. The fourth-order valence-electron chi connectivity index (χ4n) is 6.26. The van der Waals surface area contributed by atoms with Crippen molar-refractivity contribution in [1.82, 2.24) is 15.4 Å². The number of rotatable bonds is 9. The quantitative estimate of drug-likeness (QED) is 0.212. The predicted octanol–water partition coefficient (Wildman–Crippen LogP) is 7.00. The highest BCUT2D eigenvalue weighted by atomic mass is 35.5. The van der Waals surface area contributed by atoms with Crippen LogP contribution in [-0.2, 0) is 11.3 Å². The summed E-state index contributed by atoms with van der Waals surface area (Å²) < 4.78 is 23.7. The minimum atomic E-state index is -1.07. The molecule has 7 rings (SSSR count). The summed E-state index contributed by atoms with van der Waals surface area (Å²) in [5.74, 6) is 0.700. The maximum absolute atomic E-state index is 11.4. The average molecular weight is 611 g/mol. The molecule has 10 nitrogen and oxygen atoms in total. The summed E-state index contributed by atoms with van der Waals surface area (Å²) in [5.41, 5.74) is 2.91. The number of anilines is 1. The summed E-state index contributed by atoms with van der Waals surface area (Å²) in [7, 11) is 1.43. The summed E-state index contributed by atoms with van der Waals surface area (Å²) in [4.78, 5) is 13.7. The molecule has 0 unspecified atom stereocenters. The lowest BCUT2D eigenvalue weighted by Crippen LogP contribution is -2.45. The van der Waals surface area contributed by atoms with Crippen LogP contribution < -0.4 is 9.64 Å². The second kappa shape index (κ2) is 10.9. The number of carboxylic acids is 1. The molecule has 1 N–H and O–H groups in total. The third kappa shape index (κ3) is 4.91. The molecular formula is C30H28Cl2N4O6. The molecule has 12 heteroatoms. The van der Waals surface area contributed by atoms with Crippen LogP contribution in [-0.4, -0.2) is 51.7 Å². The van der Waals surface area contributed by atoms with E-state index < -0.39 is 5.97 Å². The van der Waals surface area contributed by atoms with Gasteiger partial charge in [0.15, 0.2) is 0 Å². The Morgan fingerprint density at radius 3 is 2.48 bits per heavy atom. The lowest BCUT2D eigenvalue weighted by molar-refractivity contribution is 0.0139. The minimum absolute atomic E-state index is 0.0467. The Morgan fingerprint density at radius 2 is 1.81 bits per heavy atom. The number of fused-ring (bicyclic) bond motifs is 2. The number of hydrogen-bond donors (Lipinski definition) is 1. The fourth-order valence-corrected chi connectivity index (χ4v) is 6.84. The molecule has 1 saturated carbocycles. The van der Waals surface area contributed by atoms with Gasteiger partial charge in [-0.3, -0.25) is 0 Å². The SMILES string of the molecule is COc1cc(-c2nnc(N3[C@@H]4CC[C@H]3C[C@@H](OCc3c(-c5c(Cl)cccc5Cl)noc3C3CC3)C4)o2)ccc1C(=O)O. The largest absolute Gasteiger partial charge is 0.496 e. The van der Waals surface area contributed by atoms with Crippen LogP contribution in [0.5, 0.6) is 5.75 Å². The van der Waals surface area contributed by atoms with E-state index in [1.165, 1.54) is 13.2 Å². The molecule has 2 saturated heterocycles. The number of aromatic nitrogens is 3. The van der Waals surface area contributed by atoms with Gasteiger partial charge in [-0.05, 0) is 68.9 Å². The summed E-state index contributed by atoms with van der Waals surface area (Å²) in [5, 5.41) is 23.4. The maximum atomic E-state index is 11.4. The van der Waals surface area contributed by atoms with Crippen molar-refractivity contribution in [3.05, 3.63) is 63.3 Å². The number of carbonyl (C=O) groups is 1. The van der Waals surface area contributed by atoms with Crippen LogP contribution in [0.2, 0.25) is 10.0 Å². The van der Waals surface area contributed by atoms with E-state index in [2.05, 4.69) is 20.3 Å². The Balaban J connectivity index is 1.07. The highest BCUT2D eigenvalue weighted by Gasteiger charge is 2.44. The Morgan fingerprint density at radius 1 is 1.07 bits per heavy atom. The predicted molar refractivity (Wildman–Crippen MR) is 154 cm³/mol. The van der Waals surface area contributed by atoms with Crippen molar-refractivity contribution in [2.24, 2.45) is 0 Å². The van der Waals surface area contributed by atoms with Crippen LogP contribution in [0.3, 0.4) is 0 Å². The standard InChI is InChI=1S/C30H28Cl2N4O6/c1-39-24-11-16(7-10-20(24)29(37)38)28-33-34-30(41-28)36-17-8-9-18(36)13-19(12-17)40-14-21-26(35-42-27(21)15-5-6-15)25-22(31)3-2-4-23(25)32/h2-4,7,10-11,15,17-19H,5-6,8-9,12-14H2,1H3,(H,37,38)/t17-,18+,19+. The van der Waals surface area contributed by atoms with Crippen molar-refractivity contribution in [1.29, 1.82) is 0 Å². The average Bonchev–Trinajstić information content (AvgIpc) is 3.45. The Labute approximate surface area is 251 Å². The summed E-state index contributed by atoms with van der Waals surface area (Å²) in [6.45, 7) is 0.370. The van der Waals surface area contributed by atoms with E-state index in [1.807, 2.05) is 6.07 Å². The lowest BCUT2D eigenvalue weighted by Gasteiger charge is -2.37. The number of nitrogens with zero attached hydrogens (tertiary/aromatic N) is 4. The molecule has 3 aliphatic rings. The van der Waals surface area contributed by atoms with Gasteiger partial charge in [-0.25, -0.2) is 4.79 Å². The fraction of sp³-hybridized carbons (Fsp3) is 0.400. The molecule has 0 spiro atoms. The molecule has 3 fully saturated rings. The van der Waals surface area contributed by atoms with E-state index in [1.54, 1.807) is 24.3 Å². The van der Waals surface area contributed by atoms with Crippen molar-refractivity contribution in [2.75, 3.05) is 12.0 Å². The van der Waals surface area contributed by atoms with Crippen LogP contribution in [0.4, 0.5) is 6.01 Å². The van der Waals surface area contributed by atoms with E-state index in [0.717, 1.165) is 49.8 Å². The van der Waals surface area contributed by atoms with Crippen LogP contribution in [0.1, 0.15) is 66.1 Å². The van der Waals surface area contributed by atoms with Gasteiger partial charge in [0.25, 0.3) is 0 Å². The van der Waals surface area contributed by atoms with Crippen LogP contribution in [0, 0.1) is 0 Å². The molecule has 4 heterocycles. The number of piperidine rings is 1. The molecule has 2 aliphatic heterocycles. The number of methoxy groups -OCH3 is 1. The second-order valence-electron chi connectivity index (χ2n) is 11.1. The molecule has 0 radical (unpaired) electrons.